The van der Waals surface area contributed by atoms with E-state index in [1.165, 1.54) is 6.20 Å². The molecule has 0 fully saturated rings. The molecule has 0 aliphatic carbocycles. The number of nitrogens with two attached hydrogens (primary N) is 1. The number of nitrogens with zero attached hydrogens (tertiary/aromatic N) is 1. The van der Waals surface area contributed by atoms with Crippen molar-refractivity contribution in [3.63, 3.8) is 0 Å². The summed E-state index contributed by atoms with van der Waals surface area (Å²) in [5, 5.41) is 13.4. The number of hydrogen-bond donors (Lipinski definition) is 3. The average Bonchev–Trinajstić information content (AvgIpc) is 2.64. The number of primary amides is 1. The molecule has 1 atom stereocenters. The number of aryl methyl sites for hydroxylation is 1. The largest absolute Gasteiger partial charge is 0.491 e. The Bertz CT molecular complexity index is 747. The summed E-state index contributed by atoms with van der Waals surface area (Å²) in [7, 11) is 0. The maximum Gasteiger partial charge on any atom is 0.250 e. The van der Waals surface area contributed by atoms with Gasteiger partial charge in [-0.15, -0.1) is 0 Å². The van der Waals surface area contributed by atoms with E-state index in [4.69, 9.17) is 15.2 Å². The van der Waals surface area contributed by atoms with Crippen LogP contribution in [0.4, 0.5) is 0 Å². The van der Waals surface area contributed by atoms with Crippen LogP contribution in [0.5, 0.6) is 11.6 Å². The molecule has 1 amide bonds. The van der Waals surface area contributed by atoms with Crippen molar-refractivity contribution < 1.29 is 19.4 Å². The first-order valence-corrected chi connectivity index (χ1v) is 8.77. The first-order chi connectivity index (χ1) is 12.8. The smallest absolute Gasteiger partial charge is 0.250 e. The number of carbonyl (C=O) groups excluding carboxylic acids is 1. The summed E-state index contributed by atoms with van der Waals surface area (Å²) >= 11 is 0. The fourth-order valence-electron chi connectivity index (χ4n) is 2.27. The summed E-state index contributed by atoms with van der Waals surface area (Å²) in [6.45, 7) is 6.77. The third kappa shape index (κ3) is 6.88. The number of benzene rings is 1. The van der Waals surface area contributed by atoms with E-state index < -0.39 is 17.6 Å². The van der Waals surface area contributed by atoms with E-state index in [1.807, 2.05) is 45.0 Å². The van der Waals surface area contributed by atoms with Gasteiger partial charge in [0.05, 0.1) is 5.56 Å². The van der Waals surface area contributed by atoms with Crippen LogP contribution in [-0.4, -0.2) is 47.4 Å². The number of nitrogens with one attached hydrogen (secondary N) is 1. The molecule has 1 unspecified atom stereocenters. The number of amides is 1. The first kappa shape index (κ1) is 20.7. The second-order valence-corrected chi connectivity index (χ2v) is 7.03. The van der Waals surface area contributed by atoms with Crippen molar-refractivity contribution >= 4 is 5.91 Å². The number of aromatic nitrogens is 1. The molecule has 0 bridgehead atoms. The monoisotopic (exact) mass is 373 g/mol. The number of ether oxygens (including phenoxy) is 2. The molecule has 7 nitrogen and oxygen atoms in total. The van der Waals surface area contributed by atoms with Crippen molar-refractivity contribution in [3.8, 4) is 11.6 Å². The topological polar surface area (TPSA) is 107 Å². The minimum absolute atomic E-state index is 0.199. The molecule has 27 heavy (non-hydrogen) atoms. The molecule has 0 saturated carbocycles. The number of carbonyl (C=O) groups is 1. The van der Waals surface area contributed by atoms with Crippen molar-refractivity contribution in [1.29, 1.82) is 0 Å². The highest BCUT2D eigenvalue weighted by Crippen LogP contribution is 2.16. The summed E-state index contributed by atoms with van der Waals surface area (Å²) in [6.07, 6.45) is 0.724. The molecule has 2 rings (SSSR count). The van der Waals surface area contributed by atoms with Gasteiger partial charge in [0, 0.05) is 24.3 Å². The van der Waals surface area contributed by atoms with E-state index in [2.05, 4.69) is 10.3 Å². The molecule has 0 saturated heterocycles. The zero-order valence-corrected chi connectivity index (χ0v) is 15.9. The van der Waals surface area contributed by atoms with Crippen LogP contribution in [-0.2, 0) is 0 Å². The Kier molecular flexibility index (Phi) is 7.15. The van der Waals surface area contributed by atoms with Crippen LogP contribution < -0.4 is 20.5 Å². The Morgan fingerprint density at radius 1 is 1.26 bits per heavy atom. The number of rotatable bonds is 10. The lowest BCUT2D eigenvalue weighted by Gasteiger charge is -2.27. The van der Waals surface area contributed by atoms with E-state index >= 15 is 0 Å². The van der Waals surface area contributed by atoms with E-state index in [9.17, 15) is 9.90 Å². The number of aliphatic hydroxyl groups is 1. The van der Waals surface area contributed by atoms with Crippen molar-refractivity contribution in [1.82, 2.24) is 10.3 Å². The fraction of sp³-hybridized carbons (Fsp3) is 0.400. The van der Waals surface area contributed by atoms with Gasteiger partial charge in [-0.3, -0.25) is 4.79 Å². The number of hydrogen-bond acceptors (Lipinski definition) is 6. The van der Waals surface area contributed by atoms with Gasteiger partial charge < -0.3 is 25.6 Å². The quantitative estimate of drug-likeness (QED) is 0.585. The van der Waals surface area contributed by atoms with E-state index in [0.717, 1.165) is 11.3 Å². The minimum atomic E-state index is -0.656. The number of pyridine rings is 1. The normalized spacial score (nSPS) is 12.4. The molecule has 0 aliphatic rings. The fourth-order valence-corrected chi connectivity index (χ4v) is 2.27. The Hall–Kier alpha value is -2.64. The zero-order chi connectivity index (χ0) is 19.9. The Labute approximate surface area is 159 Å². The van der Waals surface area contributed by atoms with Crippen LogP contribution in [0.15, 0.2) is 42.6 Å². The summed E-state index contributed by atoms with van der Waals surface area (Å²) in [4.78, 5) is 15.1. The lowest BCUT2D eigenvalue weighted by Crippen LogP contribution is -2.48. The van der Waals surface area contributed by atoms with Crippen LogP contribution >= 0.6 is 0 Å². The zero-order valence-electron chi connectivity index (χ0n) is 15.9. The van der Waals surface area contributed by atoms with Crippen molar-refractivity contribution in [2.24, 2.45) is 5.73 Å². The Balaban J connectivity index is 1.74. The van der Waals surface area contributed by atoms with Crippen molar-refractivity contribution in [2.45, 2.75) is 32.4 Å². The summed E-state index contributed by atoms with van der Waals surface area (Å²) in [5.74, 6) is 0.640. The lowest BCUT2D eigenvalue weighted by atomic mass is 10.1. The number of β-amino-alcohol motifs (C(OH)–C–C–N with tert-alkyl or cyclic N) is 1. The molecular weight excluding hydrogens is 346 g/mol. The van der Waals surface area contributed by atoms with Gasteiger partial charge in [-0.2, -0.15) is 0 Å². The Morgan fingerprint density at radius 2 is 2.00 bits per heavy atom. The molecule has 7 heteroatoms. The van der Waals surface area contributed by atoms with Crippen molar-refractivity contribution in [3.05, 3.63) is 53.7 Å². The van der Waals surface area contributed by atoms with Gasteiger partial charge in [-0.25, -0.2) is 4.98 Å². The van der Waals surface area contributed by atoms with Gasteiger partial charge in [-0.1, -0.05) is 18.2 Å². The maximum absolute atomic E-state index is 11.0. The van der Waals surface area contributed by atoms with Gasteiger partial charge >= 0.3 is 0 Å². The maximum atomic E-state index is 11.0. The summed E-state index contributed by atoms with van der Waals surface area (Å²) < 4.78 is 11.3. The van der Waals surface area contributed by atoms with Gasteiger partial charge in [-0.05, 0) is 38.5 Å². The highest BCUT2D eigenvalue weighted by Gasteiger charge is 2.20. The molecule has 1 heterocycles. The molecule has 1 aromatic carbocycles. The first-order valence-electron chi connectivity index (χ1n) is 8.77. The van der Waals surface area contributed by atoms with Crippen LogP contribution in [0.2, 0.25) is 0 Å². The molecule has 1 aromatic heterocycles. The van der Waals surface area contributed by atoms with Crippen LogP contribution in [0.3, 0.4) is 0 Å². The molecule has 0 radical (unpaired) electrons. The molecule has 2 aromatic rings. The van der Waals surface area contributed by atoms with Gasteiger partial charge in [0.1, 0.15) is 25.1 Å². The van der Waals surface area contributed by atoms with E-state index in [1.54, 1.807) is 12.1 Å². The number of para-hydroxylation sites is 1. The third-order valence-corrected chi connectivity index (χ3v) is 3.94. The predicted octanol–water partition coefficient (Wildman–Crippen LogP) is 1.68. The van der Waals surface area contributed by atoms with Gasteiger partial charge in [0.2, 0.25) is 11.8 Å². The average molecular weight is 373 g/mol. The Morgan fingerprint density at radius 3 is 2.63 bits per heavy atom. The highest BCUT2D eigenvalue weighted by molar-refractivity contribution is 5.92. The van der Waals surface area contributed by atoms with E-state index in [-0.39, 0.29) is 6.61 Å². The predicted molar refractivity (Wildman–Crippen MR) is 103 cm³/mol. The summed E-state index contributed by atoms with van der Waals surface area (Å²) in [6, 6.07) is 10.9. The second kappa shape index (κ2) is 9.34. The number of aliphatic hydroxyl groups excluding tert-OH is 1. The standard InChI is InChI=1S/C20H27N3O4/c1-14-6-4-5-7-17(14)26-12-16(24)11-23-20(2,3)13-27-18-9-8-15(10-22-18)19(21)25/h4-10,16,23-24H,11-13H2,1-3H3,(H2,21,25). The molecule has 0 aliphatic heterocycles. The molecular formula is C20H27N3O4. The molecule has 4 N–H and O–H groups in total. The third-order valence-electron chi connectivity index (χ3n) is 3.94. The lowest BCUT2D eigenvalue weighted by molar-refractivity contribution is 0.0921. The molecule has 0 spiro atoms. The van der Waals surface area contributed by atoms with Crippen LogP contribution in [0.25, 0.3) is 0 Å². The van der Waals surface area contributed by atoms with Gasteiger partial charge in [0.25, 0.3) is 0 Å². The summed E-state index contributed by atoms with van der Waals surface area (Å²) in [5.41, 5.74) is 6.15. The van der Waals surface area contributed by atoms with Crippen molar-refractivity contribution in [2.75, 3.05) is 19.8 Å². The van der Waals surface area contributed by atoms with E-state index in [0.29, 0.717) is 24.6 Å². The highest BCUT2D eigenvalue weighted by atomic mass is 16.5. The second-order valence-electron chi connectivity index (χ2n) is 7.03. The van der Waals surface area contributed by atoms with Gasteiger partial charge in [0.15, 0.2) is 0 Å². The minimum Gasteiger partial charge on any atom is -0.491 e. The molecule has 146 valence electrons. The van der Waals surface area contributed by atoms with Crippen LogP contribution in [0.1, 0.15) is 29.8 Å². The van der Waals surface area contributed by atoms with Crippen LogP contribution in [0, 0.1) is 6.92 Å². The SMILES string of the molecule is Cc1ccccc1OCC(O)CNC(C)(C)COc1ccc(C(N)=O)cn1.